The van der Waals surface area contributed by atoms with Crippen LogP contribution in [0, 0.1) is 30.6 Å². The van der Waals surface area contributed by atoms with Gasteiger partial charge in [0.25, 0.3) is 5.91 Å². The molecule has 3 aliphatic rings. The van der Waals surface area contributed by atoms with Crippen molar-refractivity contribution < 1.29 is 9.59 Å². The normalized spacial score (nSPS) is 27.7. The summed E-state index contributed by atoms with van der Waals surface area (Å²) >= 11 is 5.85. The number of amides is 2. The first-order valence-corrected chi connectivity index (χ1v) is 13.1. The molecule has 5 rings (SSSR count). The smallest absolute Gasteiger partial charge is 0.273 e. The van der Waals surface area contributed by atoms with Crippen LogP contribution in [0.4, 0.5) is 5.82 Å². The molecule has 0 aromatic carbocycles. The van der Waals surface area contributed by atoms with Gasteiger partial charge in [-0.1, -0.05) is 36.4 Å². The van der Waals surface area contributed by atoms with Gasteiger partial charge in [-0.25, -0.2) is 9.67 Å². The van der Waals surface area contributed by atoms with Gasteiger partial charge in [-0.3, -0.25) is 19.5 Å². The van der Waals surface area contributed by atoms with Gasteiger partial charge in [0.05, 0.1) is 12.2 Å². The molecule has 2 amide bonds. The zero-order chi connectivity index (χ0) is 26.3. The summed E-state index contributed by atoms with van der Waals surface area (Å²) in [6, 6.07) is 1.92. The van der Waals surface area contributed by atoms with Crippen LogP contribution in [0.5, 0.6) is 0 Å². The number of pyridine rings is 1. The van der Waals surface area contributed by atoms with Gasteiger partial charge in [-0.15, -0.1) is 5.10 Å². The summed E-state index contributed by atoms with van der Waals surface area (Å²) in [5.41, 5.74) is 2.28. The van der Waals surface area contributed by atoms with Gasteiger partial charge >= 0.3 is 0 Å². The lowest BCUT2D eigenvalue weighted by Crippen LogP contribution is -2.45. The zero-order valence-corrected chi connectivity index (χ0v) is 22.1. The summed E-state index contributed by atoms with van der Waals surface area (Å²) in [7, 11) is 0. The molecule has 2 saturated carbocycles. The van der Waals surface area contributed by atoms with Crippen LogP contribution in [0.15, 0.2) is 47.2 Å². The molecule has 0 bridgehead atoms. The SMILES string of the molecule is C=C/C(Cl)=C\C=NCC1CC(NC(=O)c2cn(C(C)c3cnc(N4CC5C(C4=O)[C@@H]5C)cc3C)nn2)C1. The summed E-state index contributed by atoms with van der Waals surface area (Å²) < 4.78 is 1.68. The van der Waals surface area contributed by atoms with Crippen LogP contribution < -0.4 is 10.2 Å². The van der Waals surface area contributed by atoms with Crippen LogP contribution in [0.2, 0.25) is 0 Å². The van der Waals surface area contributed by atoms with Crippen LogP contribution in [-0.4, -0.2) is 57.1 Å². The molecule has 1 N–H and O–H groups in total. The van der Waals surface area contributed by atoms with E-state index in [0.29, 0.717) is 35.1 Å². The third kappa shape index (κ3) is 5.09. The summed E-state index contributed by atoms with van der Waals surface area (Å²) in [5, 5.41) is 11.9. The topological polar surface area (TPSA) is 105 Å². The van der Waals surface area contributed by atoms with E-state index in [1.807, 2.05) is 24.8 Å². The second-order valence-electron chi connectivity index (χ2n) is 10.4. The van der Waals surface area contributed by atoms with Gasteiger partial charge in [0.2, 0.25) is 5.91 Å². The average molecular weight is 522 g/mol. The van der Waals surface area contributed by atoms with Gasteiger partial charge in [0, 0.05) is 42.5 Å². The van der Waals surface area contributed by atoms with Gasteiger partial charge < -0.3 is 5.32 Å². The molecule has 37 heavy (non-hydrogen) atoms. The molecule has 3 unspecified atom stereocenters. The molecule has 2 aromatic rings. The van der Waals surface area contributed by atoms with Crippen LogP contribution in [-0.2, 0) is 4.79 Å². The number of nitrogens with zero attached hydrogens (tertiary/aromatic N) is 6. The van der Waals surface area contributed by atoms with Crippen molar-refractivity contribution in [1.29, 1.82) is 0 Å². The largest absolute Gasteiger partial charge is 0.348 e. The van der Waals surface area contributed by atoms with E-state index in [1.165, 1.54) is 0 Å². The fourth-order valence-corrected chi connectivity index (χ4v) is 5.49. The van der Waals surface area contributed by atoms with Crippen molar-refractivity contribution in [2.45, 2.75) is 45.7 Å². The number of carbonyl (C=O) groups is 2. The first kappa shape index (κ1) is 25.3. The van der Waals surface area contributed by atoms with E-state index in [-0.39, 0.29) is 35.5 Å². The number of rotatable bonds is 9. The Morgan fingerprint density at radius 1 is 1.41 bits per heavy atom. The highest BCUT2D eigenvalue weighted by Crippen LogP contribution is 2.52. The first-order chi connectivity index (χ1) is 17.8. The second-order valence-corrected chi connectivity index (χ2v) is 10.9. The van der Waals surface area contributed by atoms with Gasteiger partial charge in [-0.2, -0.15) is 0 Å². The predicted molar refractivity (Wildman–Crippen MR) is 143 cm³/mol. The van der Waals surface area contributed by atoms with Crippen molar-refractivity contribution in [3.05, 3.63) is 59.0 Å². The van der Waals surface area contributed by atoms with E-state index >= 15 is 0 Å². The maximum Gasteiger partial charge on any atom is 0.273 e. The number of fused-ring (bicyclic) bond motifs is 1. The Morgan fingerprint density at radius 3 is 2.86 bits per heavy atom. The summed E-state index contributed by atoms with van der Waals surface area (Å²) in [4.78, 5) is 36.0. The lowest BCUT2D eigenvalue weighted by molar-refractivity contribution is -0.119. The number of aryl methyl sites for hydroxylation is 1. The number of nitrogens with one attached hydrogen (secondary N) is 1. The molecule has 194 valence electrons. The molecule has 0 radical (unpaired) electrons. The standard InChI is InChI=1S/C27H32ClN7O2/c1-5-19(28)6-7-29-11-18-9-20(10-18)31-26(36)23-14-35(33-32-23)17(4)21-12-30-24(8-15(21)2)34-13-22-16(3)25(22)27(34)37/h5-8,12,14,16-18,20,22,25H,1,9-11,13H2,2-4H3,(H,31,36)/b19-6+,29-7?/t16-,17?,18?,20?,22?,25?/m1/s1. The van der Waals surface area contributed by atoms with Crippen molar-refractivity contribution in [2.75, 3.05) is 18.0 Å². The highest BCUT2D eigenvalue weighted by molar-refractivity contribution is 6.32. The number of halogens is 1. The Morgan fingerprint density at radius 2 is 2.19 bits per heavy atom. The van der Waals surface area contributed by atoms with Crippen LogP contribution in [0.1, 0.15) is 54.3 Å². The molecule has 1 aliphatic heterocycles. The van der Waals surface area contributed by atoms with Gasteiger partial charge in [0.15, 0.2) is 5.69 Å². The monoisotopic (exact) mass is 521 g/mol. The number of hydrogen-bond donors (Lipinski definition) is 1. The molecule has 2 aliphatic carbocycles. The Labute approximate surface area is 221 Å². The minimum atomic E-state index is -0.225. The fraction of sp³-hybridized carbons (Fsp3) is 0.481. The minimum Gasteiger partial charge on any atom is -0.348 e. The highest BCUT2D eigenvalue weighted by atomic mass is 35.5. The number of piperidine rings is 1. The van der Waals surface area contributed by atoms with E-state index in [2.05, 4.69) is 39.1 Å². The molecule has 3 heterocycles. The van der Waals surface area contributed by atoms with Crippen molar-refractivity contribution in [3.63, 3.8) is 0 Å². The average Bonchev–Trinajstić information content (AvgIpc) is 3.18. The van der Waals surface area contributed by atoms with E-state index in [9.17, 15) is 9.59 Å². The summed E-state index contributed by atoms with van der Waals surface area (Å²) in [6.45, 7) is 11.2. The molecular weight excluding hydrogens is 490 g/mol. The maximum absolute atomic E-state index is 12.7. The third-order valence-corrected chi connectivity index (χ3v) is 8.26. The molecular formula is C27H32ClN7O2. The Bertz CT molecular complexity index is 1280. The Hall–Kier alpha value is -3.33. The lowest BCUT2D eigenvalue weighted by atomic mass is 9.80. The van der Waals surface area contributed by atoms with E-state index in [4.69, 9.17) is 11.6 Å². The van der Waals surface area contributed by atoms with Crippen molar-refractivity contribution >= 4 is 35.4 Å². The first-order valence-electron chi connectivity index (χ1n) is 12.8. The number of aromatic nitrogens is 4. The minimum absolute atomic E-state index is 0.115. The summed E-state index contributed by atoms with van der Waals surface area (Å²) in [6.07, 6.45) is 10.2. The molecule has 3 fully saturated rings. The molecule has 1 saturated heterocycles. The molecule has 4 atom stereocenters. The third-order valence-electron chi connectivity index (χ3n) is 7.98. The van der Waals surface area contributed by atoms with E-state index in [0.717, 1.165) is 30.5 Å². The Balaban J connectivity index is 1.14. The molecule has 9 nitrogen and oxygen atoms in total. The van der Waals surface area contributed by atoms with Crippen molar-refractivity contribution in [2.24, 2.45) is 28.7 Å². The van der Waals surface area contributed by atoms with Crippen LogP contribution in [0.3, 0.4) is 0 Å². The number of carbonyl (C=O) groups excluding carboxylic acids is 2. The molecule has 0 spiro atoms. The number of anilines is 1. The quantitative estimate of drug-likeness (QED) is 0.400. The van der Waals surface area contributed by atoms with Crippen molar-refractivity contribution in [3.8, 4) is 0 Å². The molecule has 10 heteroatoms. The number of allylic oxidation sites excluding steroid dienone is 3. The zero-order valence-electron chi connectivity index (χ0n) is 21.3. The predicted octanol–water partition coefficient (Wildman–Crippen LogP) is 3.71. The fourth-order valence-electron chi connectivity index (χ4n) is 5.43. The second kappa shape index (κ2) is 10.2. The lowest BCUT2D eigenvalue weighted by Gasteiger charge is -2.34. The Kier molecular flexibility index (Phi) is 6.98. The van der Waals surface area contributed by atoms with Crippen LogP contribution >= 0.6 is 11.6 Å². The van der Waals surface area contributed by atoms with E-state index < -0.39 is 0 Å². The highest BCUT2D eigenvalue weighted by Gasteiger charge is 2.59. The number of hydrogen-bond acceptors (Lipinski definition) is 6. The number of aliphatic imine (C=N–C) groups is 1. The maximum atomic E-state index is 12.7. The van der Waals surface area contributed by atoms with E-state index in [1.54, 1.807) is 35.4 Å². The molecule has 2 aromatic heterocycles. The van der Waals surface area contributed by atoms with Gasteiger partial charge in [0.1, 0.15) is 5.82 Å². The summed E-state index contributed by atoms with van der Waals surface area (Å²) in [5.74, 6) is 2.25. The van der Waals surface area contributed by atoms with Gasteiger partial charge in [-0.05, 0) is 67.7 Å². The van der Waals surface area contributed by atoms with Crippen molar-refractivity contribution in [1.82, 2.24) is 25.3 Å². The van der Waals surface area contributed by atoms with Crippen LogP contribution in [0.25, 0.3) is 0 Å².